The van der Waals surface area contributed by atoms with Gasteiger partial charge in [-0.2, -0.15) is 5.10 Å². The molecule has 2 aromatic rings. The molecule has 0 bridgehead atoms. The Balaban J connectivity index is 1.64. The van der Waals surface area contributed by atoms with Gasteiger partial charge in [-0.15, -0.1) is 0 Å². The van der Waals surface area contributed by atoms with Crippen LogP contribution in [0, 0.1) is 0 Å². The number of nitrogens with one attached hydrogen (secondary N) is 1. The van der Waals surface area contributed by atoms with Crippen molar-refractivity contribution in [3.05, 3.63) is 42.5 Å². The van der Waals surface area contributed by atoms with Gasteiger partial charge in [-0.05, 0) is 37.5 Å². The van der Waals surface area contributed by atoms with Gasteiger partial charge in [0.2, 0.25) is 5.91 Å². The van der Waals surface area contributed by atoms with Gasteiger partial charge in [-0.1, -0.05) is 12.1 Å². The van der Waals surface area contributed by atoms with Crippen molar-refractivity contribution in [3.8, 4) is 5.69 Å². The molecule has 0 unspecified atom stereocenters. The van der Waals surface area contributed by atoms with Crippen molar-refractivity contribution < 1.29 is 9.53 Å². The van der Waals surface area contributed by atoms with Gasteiger partial charge < -0.3 is 10.1 Å². The van der Waals surface area contributed by atoms with E-state index in [1.165, 1.54) is 6.33 Å². The van der Waals surface area contributed by atoms with Gasteiger partial charge in [-0.25, -0.2) is 9.67 Å². The van der Waals surface area contributed by atoms with Crippen LogP contribution in [-0.4, -0.2) is 33.4 Å². The molecule has 0 spiro atoms. The third-order valence-corrected chi connectivity index (χ3v) is 3.66. The summed E-state index contributed by atoms with van der Waals surface area (Å²) in [4.78, 5) is 15.9. The molecule has 110 valence electrons. The Morgan fingerprint density at radius 2 is 2.24 bits per heavy atom. The smallest absolute Gasteiger partial charge is 0.249 e. The number of carbonyl (C=O) groups is 1. The summed E-state index contributed by atoms with van der Waals surface area (Å²) in [5.41, 5.74) is 1.99. The second-order valence-corrected chi connectivity index (χ2v) is 5.16. The van der Waals surface area contributed by atoms with Crippen molar-refractivity contribution in [1.82, 2.24) is 20.1 Å². The quantitative estimate of drug-likeness (QED) is 0.927. The molecule has 6 nitrogen and oxygen atoms in total. The Morgan fingerprint density at radius 3 is 2.86 bits per heavy atom. The molecular weight excluding hydrogens is 268 g/mol. The third-order valence-electron chi connectivity index (χ3n) is 3.66. The van der Waals surface area contributed by atoms with E-state index in [2.05, 4.69) is 15.4 Å². The van der Waals surface area contributed by atoms with Crippen LogP contribution in [0.3, 0.4) is 0 Å². The fourth-order valence-corrected chi connectivity index (χ4v) is 2.43. The lowest BCUT2D eigenvalue weighted by molar-refractivity contribution is -0.130. The molecule has 21 heavy (non-hydrogen) atoms. The Kier molecular flexibility index (Phi) is 3.96. The topological polar surface area (TPSA) is 69.0 Å². The van der Waals surface area contributed by atoms with E-state index in [4.69, 9.17) is 4.74 Å². The second-order valence-electron chi connectivity index (χ2n) is 5.16. The summed E-state index contributed by atoms with van der Waals surface area (Å²) in [6.45, 7) is 2.65. The average Bonchev–Trinajstić information content (AvgIpc) is 3.20. The predicted molar refractivity (Wildman–Crippen MR) is 76.9 cm³/mol. The number of benzene rings is 1. The minimum Gasteiger partial charge on any atom is -0.368 e. The monoisotopic (exact) mass is 286 g/mol. The molecule has 1 aromatic carbocycles. The van der Waals surface area contributed by atoms with Crippen molar-refractivity contribution in [3.63, 3.8) is 0 Å². The van der Waals surface area contributed by atoms with Crippen molar-refractivity contribution in [2.24, 2.45) is 0 Å². The normalized spacial score (nSPS) is 19.4. The van der Waals surface area contributed by atoms with Crippen molar-refractivity contribution in [1.29, 1.82) is 0 Å². The largest absolute Gasteiger partial charge is 0.368 e. The summed E-state index contributed by atoms with van der Waals surface area (Å²) in [6, 6.07) is 7.83. The predicted octanol–water partition coefficient (Wildman–Crippen LogP) is 1.62. The van der Waals surface area contributed by atoms with Crippen LogP contribution in [0.15, 0.2) is 36.9 Å². The lowest BCUT2D eigenvalue weighted by Gasteiger charge is -2.17. The van der Waals surface area contributed by atoms with E-state index in [9.17, 15) is 4.79 Å². The highest BCUT2D eigenvalue weighted by Crippen LogP contribution is 2.17. The first-order valence-electron chi connectivity index (χ1n) is 7.11. The lowest BCUT2D eigenvalue weighted by atomic mass is 10.1. The minimum absolute atomic E-state index is 0.0275. The number of carbonyl (C=O) groups excluding carboxylic acids is 1. The molecule has 6 heteroatoms. The first-order chi connectivity index (χ1) is 10.2. The summed E-state index contributed by atoms with van der Waals surface area (Å²) < 4.78 is 7.08. The summed E-state index contributed by atoms with van der Waals surface area (Å²) in [7, 11) is 0. The summed E-state index contributed by atoms with van der Waals surface area (Å²) in [5, 5.41) is 7.07. The van der Waals surface area contributed by atoms with Crippen molar-refractivity contribution >= 4 is 5.91 Å². The standard InChI is InChI=1S/C15H18N4O2/c1-11(18-15(20)14-3-2-8-21-14)12-4-6-13(7-5-12)19-10-16-9-17-19/h4-7,9-11,14H,2-3,8H2,1H3,(H,18,20)/t11-,14+/m0/s1. The zero-order valence-electron chi connectivity index (χ0n) is 11.9. The van der Waals surface area contributed by atoms with E-state index in [0.717, 1.165) is 24.1 Å². The molecule has 0 radical (unpaired) electrons. The second kappa shape index (κ2) is 6.05. The fraction of sp³-hybridized carbons (Fsp3) is 0.400. The van der Waals surface area contributed by atoms with Gasteiger partial charge in [0.05, 0.1) is 11.7 Å². The molecule has 1 aromatic heterocycles. The van der Waals surface area contributed by atoms with Gasteiger partial charge in [0.15, 0.2) is 0 Å². The number of hydrogen-bond acceptors (Lipinski definition) is 4. The lowest BCUT2D eigenvalue weighted by Crippen LogP contribution is -2.35. The molecule has 2 heterocycles. The third kappa shape index (κ3) is 3.11. The highest BCUT2D eigenvalue weighted by Gasteiger charge is 2.24. The molecule has 0 saturated carbocycles. The summed E-state index contributed by atoms with van der Waals surface area (Å²) in [6.07, 6.45) is 4.63. The zero-order valence-corrected chi connectivity index (χ0v) is 11.9. The summed E-state index contributed by atoms with van der Waals surface area (Å²) in [5.74, 6) is -0.0275. The molecule has 0 aliphatic carbocycles. The van der Waals surface area contributed by atoms with E-state index >= 15 is 0 Å². The van der Waals surface area contributed by atoms with Crippen LogP contribution in [0.5, 0.6) is 0 Å². The van der Waals surface area contributed by atoms with Gasteiger partial charge in [0.1, 0.15) is 18.8 Å². The van der Waals surface area contributed by atoms with E-state index in [-0.39, 0.29) is 18.1 Å². The SMILES string of the molecule is C[C@H](NC(=O)[C@H]1CCCO1)c1ccc(-n2cncn2)cc1. The van der Waals surface area contributed by atoms with Gasteiger partial charge in [-0.3, -0.25) is 4.79 Å². The fourth-order valence-electron chi connectivity index (χ4n) is 2.43. The maximum absolute atomic E-state index is 12.0. The maximum Gasteiger partial charge on any atom is 0.249 e. The van der Waals surface area contributed by atoms with Crippen LogP contribution in [0.4, 0.5) is 0 Å². The number of amides is 1. The van der Waals surface area contributed by atoms with Crippen LogP contribution in [0.1, 0.15) is 31.4 Å². The maximum atomic E-state index is 12.0. The molecule has 1 fully saturated rings. The van der Waals surface area contributed by atoms with E-state index < -0.39 is 0 Å². The molecular formula is C15H18N4O2. The Morgan fingerprint density at radius 1 is 1.43 bits per heavy atom. The number of aromatic nitrogens is 3. The number of hydrogen-bond donors (Lipinski definition) is 1. The Bertz CT molecular complexity index is 589. The molecule has 2 atom stereocenters. The first kappa shape index (κ1) is 13.8. The molecule has 1 amide bonds. The highest BCUT2D eigenvalue weighted by molar-refractivity contribution is 5.81. The highest BCUT2D eigenvalue weighted by atomic mass is 16.5. The number of ether oxygens (including phenoxy) is 1. The summed E-state index contributed by atoms with van der Waals surface area (Å²) >= 11 is 0. The first-order valence-corrected chi connectivity index (χ1v) is 7.11. The number of rotatable bonds is 4. The van der Waals surface area contributed by atoms with Crippen LogP contribution in [0.2, 0.25) is 0 Å². The van der Waals surface area contributed by atoms with Crippen LogP contribution in [0.25, 0.3) is 5.69 Å². The number of nitrogens with zero attached hydrogens (tertiary/aromatic N) is 3. The molecule has 1 aliphatic rings. The zero-order chi connectivity index (χ0) is 14.7. The van der Waals surface area contributed by atoms with Crippen molar-refractivity contribution in [2.75, 3.05) is 6.61 Å². The van der Waals surface area contributed by atoms with Crippen LogP contribution in [-0.2, 0) is 9.53 Å². The Labute approximate surface area is 123 Å². The molecule has 3 rings (SSSR count). The molecule has 1 saturated heterocycles. The minimum atomic E-state index is -0.290. The van der Waals surface area contributed by atoms with Gasteiger partial charge in [0, 0.05) is 6.61 Å². The van der Waals surface area contributed by atoms with Crippen LogP contribution >= 0.6 is 0 Å². The van der Waals surface area contributed by atoms with Gasteiger partial charge >= 0.3 is 0 Å². The van der Waals surface area contributed by atoms with E-state index in [0.29, 0.717) is 6.61 Å². The van der Waals surface area contributed by atoms with Crippen molar-refractivity contribution in [2.45, 2.75) is 31.9 Å². The van der Waals surface area contributed by atoms with Crippen LogP contribution < -0.4 is 5.32 Å². The average molecular weight is 286 g/mol. The van der Waals surface area contributed by atoms with E-state index in [1.54, 1.807) is 11.0 Å². The molecule has 1 aliphatic heterocycles. The molecule has 1 N–H and O–H groups in total. The Hall–Kier alpha value is -2.21. The van der Waals surface area contributed by atoms with Gasteiger partial charge in [0.25, 0.3) is 0 Å². The van der Waals surface area contributed by atoms with E-state index in [1.807, 2.05) is 31.2 Å².